The van der Waals surface area contributed by atoms with Gasteiger partial charge in [0.2, 0.25) is 0 Å². The van der Waals surface area contributed by atoms with Crippen molar-refractivity contribution in [3.63, 3.8) is 0 Å². The second-order valence-corrected chi connectivity index (χ2v) is 8.33. The standard InChI is InChI=1S/C12H21NO2S2/c1-9(7-12-6-5-11(3)16-12)13-10(2)8-17(4,14)15/h5-6,9-10,13H,7-8H2,1-4H3. The van der Waals surface area contributed by atoms with Gasteiger partial charge in [-0.25, -0.2) is 8.42 Å². The average Bonchev–Trinajstić information content (AvgIpc) is 2.46. The van der Waals surface area contributed by atoms with E-state index in [0.717, 1.165) is 6.42 Å². The Hall–Kier alpha value is -0.390. The summed E-state index contributed by atoms with van der Waals surface area (Å²) in [6.07, 6.45) is 2.23. The first-order chi connectivity index (χ1) is 7.76. The summed E-state index contributed by atoms with van der Waals surface area (Å²) in [4.78, 5) is 2.66. The van der Waals surface area contributed by atoms with E-state index in [-0.39, 0.29) is 11.8 Å². The predicted octanol–water partition coefficient (Wildman–Crippen LogP) is 2.01. The molecule has 1 rings (SSSR count). The van der Waals surface area contributed by atoms with Gasteiger partial charge in [0.05, 0.1) is 5.75 Å². The van der Waals surface area contributed by atoms with Gasteiger partial charge >= 0.3 is 0 Å². The van der Waals surface area contributed by atoms with E-state index in [2.05, 4.69) is 31.3 Å². The van der Waals surface area contributed by atoms with Crippen LogP contribution in [-0.4, -0.2) is 32.5 Å². The summed E-state index contributed by atoms with van der Waals surface area (Å²) in [6, 6.07) is 4.55. The molecule has 1 N–H and O–H groups in total. The minimum atomic E-state index is -2.90. The third kappa shape index (κ3) is 6.19. The average molecular weight is 275 g/mol. The molecule has 0 radical (unpaired) electrons. The number of hydrogen-bond donors (Lipinski definition) is 1. The van der Waals surface area contributed by atoms with Crippen LogP contribution in [0.3, 0.4) is 0 Å². The molecular formula is C12H21NO2S2. The van der Waals surface area contributed by atoms with Crippen LogP contribution < -0.4 is 5.32 Å². The van der Waals surface area contributed by atoms with Crippen molar-refractivity contribution in [2.24, 2.45) is 0 Å². The second kappa shape index (κ2) is 5.98. The van der Waals surface area contributed by atoms with E-state index in [1.54, 1.807) is 11.3 Å². The highest BCUT2D eigenvalue weighted by molar-refractivity contribution is 7.90. The summed E-state index contributed by atoms with van der Waals surface area (Å²) >= 11 is 1.80. The van der Waals surface area contributed by atoms with Gasteiger partial charge in [0.15, 0.2) is 0 Å². The van der Waals surface area contributed by atoms with Crippen LogP contribution in [0.25, 0.3) is 0 Å². The molecule has 1 heterocycles. The van der Waals surface area contributed by atoms with Gasteiger partial charge in [-0.05, 0) is 39.3 Å². The van der Waals surface area contributed by atoms with Gasteiger partial charge in [-0.2, -0.15) is 0 Å². The van der Waals surface area contributed by atoms with Crippen LogP contribution in [-0.2, 0) is 16.3 Å². The van der Waals surface area contributed by atoms with Gasteiger partial charge in [-0.3, -0.25) is 0 Å². The first-order valence-corrected chi connectivity index (χ1v) is 8.63. The van der Waals surface area contributed by atoms with Crippen molar-refractivity contribution >= 4 is 21.2 Å². The molecule has 0 fully saturated rings. The van der Waals surface area contributed by atoms with Crippen LogP contribution in [0.2, 0.25) is 0 Å². The Bertz CT molecular complexity index is 451. The molecule has 1 aromatic heterocycles. The highest BCUT2D eigenvalue weighted by atomic mass is 32.2. The molecule has 0 aromatic carbocycles. The molecule has 0 aliphatic carbocycles. The molecule has 0 aliphatic rings. The van der Waals surface area contributed by atoms with Crippen molar-refractivity contribution in [1.29, 1.82) is 0 Å². The van der Waals surface area contributed by atoms with Gasteiger partial charge in [-0.15, -0.1) is 11.3 Å². The van der Waals surface area contributed by atoms with Crippen LogP contribution in [0, 0.1) is 6.92 Å². The number of sulfone groups is 1. The first kappa shape index (κ1) is 14.7. The van der Waals surface area contributed by atoms with Crippen molar-refractivity contribution in [3.05, 3.63) is 21.9 Å². The topological polar surface area (TPSA) is 46.2 Å². The van der Waals surface area contributed by atoms with Crippen LogP contribution in [0.4, 0.5) is 0 Å². The number of thiophene rings is 1. The Balaban J connectivity index is 2.41. The monoisotopic (exact) mass is 275 g/mol. The van der Waals surface area contributed by atoms with Gasteiger partial charge in [0.1, 0.15) is 9.84 Å². The molecule has 2 unspecified atom stereocenters. The summed E-state index contributed by atoms with van der Waals surface area (Å²) in [5, 5.41) is 3.32. The smallest absolute Gasteiger partial charge is 0.148 e. The minimum Gasteiger partial charge on any atom is -0.310 e. The van der Waals surface area contributed by atoms with E-state index < -0.39 is 9.84 Å². The lowest BCUT2D eigenvalue weighted by atomic mass is 10.2. The second-order valence-electron chi connectivity index (χ2n) is 4.78. The zero-order valence-corrected chi connectivity index (χ0v) is 12.5. The minimum absolute atomic E-state index is 0.000981. The molecule has 17 heavy (non-hydrogen) atoms. The zero-order valence-electron chi connectivity index (χ0n) is 10.9. The van der Waals surface area contributed by atoms with Gasteiger partial charge in [0.25, 0.3) is 0 Å². The van der Waals surface area contributed by atoms with Crippen molar-refractivity contribution in [2.75, 3.05) is 12.0 Å². The number of nitrogens with one attached hydrogen (secondary N) is 1. The quantitative estimate of drug-likeness (QED) is 0.864. The van der Waals surface area contributed by atoms with Crippen molar-refractivity contribution in [3.8, 4) is 0 Å². The summed E-state index contributed by atoms with van der Waals surface area (Å²) in [5.41, 5.74) is 0. The van der Waals surface area contributed by atoms with Gasteiger partial charge < -0.3 is 5.32 Å². The maximum absolute atomic E-state index is 11.1. The largest absolute Gasteiger partial charge is 0.310 e. The van der Waals surface area contributed by atoms with E-state index in [4.69, 9.17) is 0 Å². The molecule has 3 nitrogen and oxygen atoms in total. The maximum Gasteiger partial charge on any atom is 0.148 e. The summed E-state index contributed by atoms with van der Waals surface area (Å²) in [7, 11) is -2.90. The lowest BCUT2D eigenvalue weighted by Crippen LogP contribution is -2.39. The molecule has 5 heteroatoms. The SMILES string of the molecule is Cc1ccc(CC(C)NC(C)CS(C)(=O)=O)s1. The molecule has 98 valence electrons. The third-order valence-electron chi connectivity index (χ3n) is 2.43. The summed E-state index contributed by atoms with van der Waals surface area (Å²) in [6.45, 7) is 6.10. The van der Waals surface area contributed by atoms with Gasteiger partial charge in [0, 0.05) is 28.1 Å². The molecule has 2 atom stereocenters. The molecule has 0 saturated carbocycles. The molecule has 0 spiro atoms. The van der Waals surface area contributed by atoms with Crippen molar-refractivity contribution in [1.82, 2.24) is 5.32 Å². The number of aryl methyl sites for hydroxylation is 1. The van der Waals surface area contributed by atoms with Crippen LogP contribution in [0.15, 0.2) is 12.1 Å². The predicted molar refractivity (Wildman–Crippen MR) is 74.5 cm³/mol. The van der Waals surface area contributed by atoms with Gasteiger partial charge in [-0.1, -0.05) is 0 Å². The Morgan fingerprint density at radius 3 is 2.41 bits per heavy atom. The van der Waals surface area contributed by atoms with E-state index >= 15 is 0 Å². The van der Waals surface area contributed by atoms with Crippen LogP contribution in [0.5, 0.6) is 0 Å². The fourth-order valence-corrected chi connectivity index (χ4v) is 3.97. The zero-order chi connectivity index (χ0) is 13.1. The van der Waals surface area contributed by atoms with Crippen molar-refractivity contribution < 1.29 is 8.42 Å². The lowest BCUT2D eigenvalue weighted by Gasteiger charge is -2.18. The first-order valence-electron chi connectivity index (χ1n) is 5.75. The van der Waals surface area contributed by atoms with Crippen LogP contribution in [0.1, 0.15) is 23.6 Å². The van der Waals surface area contributed by atoms with E-state index in [1.165, 1.54) is 16.0 Å². The van der Waals surface area contributed by atoms with Crippen molar-refractivity contribution in [2.45, 2.75) is 39.3 Å². The fraction of sp³-hybridized carbons (Fsp3) is 0.667. The van der Waals surface area contributed by atoms with E-state index in [0.29, 0.717) is 6.04 Å². The number of hydrogen-bond acceptors (Lipinski definition) is 4. The molecule has 0 saturated heterocycles. The molecule has 0 bridgehead atoms. The lowest BCUT2D eigenvalue weighted by molar-refractivity contribution is 0.486. The summed E-state index contributed by atoms with van der Waals surface area (Å²) < 4.78 is 22.3. The summed E-state index contributed by atoms with van der Waals surface area (Å²) in [5.74, 6) is 0.195. The Kier molecular flexibility index (Phi) is 5.16. The maximum atomic E-state index is 11.1. The molecule has 0 amide bonds. The number of rotatable bonds is 6. The normalized spacial score (nSPS) is 15.8. The molecular weight excluding hydrogens is 254 g/mol. The molecule has 0 aliphatic heterocycles. The Morgan fingerprint density at radius 2 is 1.94 bits per heavy atom. The highest BCUT2D eigenvalue weighted by Crippen LogP contribution is 2.16. The van der Waals surface area contributed by atoms with Crippen LogP contribution >= 0.6 is 11.3 Å². The Morgan fingerprint density at radius 1 is 1.29 bits per heavy atom. The highest BCUT2D eigenvalue weighted by Gasteiger charge is 2.13. The third-order valence-corrected chi connectivity index (χ3v) is 4.55. The van der Waals surface area contributed by atoms with E-state index in [9.17, 15) is 8.42 Å². The van der Waals surface area contributed by atoms with E-state index in [1.807, 2.05) is 6.92 Å². The Labute approximate surface area is 108 Å². The fourth-order valence-electron chi connectivity index (χ4n) is 1.94. The molecule has 1 aromatic rings.